The van der Waals surface area contributed by atoms with E-state index in [0.29, 0.717) is 57.7 Å². The molecular weight excluding hydrogens is 528 g/mol. The highest BCUT2D eigenvalue weighted by molar-refractivity contribution is 5.71. The van der Waals surface area contributed by atoms with Gasteiger partial charge in [-0.15, -0.1) is 0 Å². The summed E-state index contributed by atoms with van der Waals surface area (Å²) < 4.78 is 15.1. The maximum absolute atomic E-state index is 12.0. The van der Waals surface area contributed by atoms with Crippen molar-refractivity contribution in [3.8, 4) is 0 Å². The molecule has 0 aromatic carbocycles. The number of likely N-dealkylation sites (tertiary alicyclic amines) is 1. The van der Waals surface area contributed by atoms with Gasteiger partial charge in [0.05, 0.1) is 38.6 Å². The fourth-order valence-electron chi connectivity index (χ4n) is 3.84. The van der Waals surface area contributed by atoms with Crippen LogP contribution in [0.4, 0.5) is 0 Å². The lowest BCUT2D eigenvalue weighted by molar-refractivity contribution is -0.147. The van der Waals surface area contributed by atoms with Crippen molar-refractivity contribution in [2.45, 2.75) is 113 Å². The molecule has 0 spiro atoms. The van der Waals surface area contributed by atoms with Gasteiger partial charge in [-0.25, -0.2) is 0 Å². The van der Waals surface area contributed by atoms with E-state index in [1.54, 1.807) is 0 Å². The number of carbonyl (C=O) groups excluding carboxylic acids is 3. The van der Waals surface area contributed by atoms with Crippen molar-refractivity contribution in [3.05, 3.63) is 0 Å². The maximum atomic E-state index is 12.0. The van der Waals surface area contributed by atoms with Crippen molar-refractivity contribution < 1.29 is 38.5 Å². The Hall–Kier alpha value is -2.20. The standard InChI is InChI=1S/C21H40N2O4.C7H14O2.C2H6.CH2O2/c1-5-18(3)12-17-27-21(25)11-16-23(15-10-20(24)26-6-2)14-9-19-8-7-13-22(19)4;1-4-6(3)7(8)9-5-2;1-2;2-1-3/h18-19H,5-17H2,1-4H3;6H,4-5H2,1-3H3;1-2H3;1H,(H,2,3). The van der Waals surface area contributed by atoms with Gasteiger partial charge >= 0.3 is 17.9 Å². The van der Waals surface area contributed by atoms with E-state index in [2.05, 4.69) is 30.7 Å². The molecule has 0 saturated carbocycles. The molecule has 1 saturated heterocycles. The molecule has 0 bridgehead atoms. The fraction of sp³-hybridized carbons (Fsp3) is 0.871. The molecule has 10 nitrogen and oxygen atoms in total. The summed E-state index contributed by atoms with van der Waals surface area (Å²) in [7, 11) is 2.18. The molecule has 1 fully saturated rings. The molecule has 3 atom stereocenters. The summed E-state index contributed by atoms with van der Waals surface area (Å²) in [6, 6.07) is 0.609. The molecule has 41 heavy (non-hydrogen) atoms. The molecule has 1 aliphatic heterocycles. The van der Waals surface area contributed by atoms with Gasteiger partial charge in [0.1, 0.15) is 0 Å². The minimum absolute atomic E-state index is 0.0601. The van der Waals surface area contributed by atoms with Gasteiger partial charge in [0, 0.05) is 19.1 Å². The lowest BCUT2D eigenvalue weighted by Gasteiger charge is -2.26. The predicted octanol–water partition coefficient (Wildman–Crippen LogP) is 5.42. The van der Waals surface area contributed by atoms with E-state index in [1.807, 2.05) is 41.5 Å². The number of carbonyl (C=O) groups is 4. The lowest BCUT2D eigenvalue weighted by atomic mass is 10.1. The summed E-state index contributed by atoms with van der Waals surface area (Å²) in [5.41, 5.74) is 0. The Bertz CT molecular complexity index is 648. The molecule has 244 valence electrons. The monoisotopic (exact) mass is 590 g/mol. The van der Waals surface area contributed by atoms with Gasteiger partial charge < -0.3 is 29.1 Å². The quantitative estimate of drug-likeness (QED) is 0.133. The number of carboxylic acid groups (broad SMARTS) is 1. The molecule has 1 rings (SSSR count). The van der Waals surface area contributed by atoms with E-state index in [9.17, 15) is 14.4 Å². The van der Waals surface area contributed by atoms with E-state index >= 15 is 0 Å². The first-order valence-corrected chi connectivity index (χ1v) is 15.6. The topological polar surface area (TPSA) is 123 Å². The number of hydrogen-bond acceptors (Lipinski definition) is 9. The second kappa shape index (κ2) is 30.8. The first kappa shape index (κ1) is 43.3. The van der Waals surface area contributed by atoms with Crippen molar-refractivity contribution in [3.63, 3.8) is 0 Å². The molecule has 0 aromatic rings. The fourth-order valence-corrected chi connectivity index (χ4v) is 3.84. The summed E-state index contributed by atoms with van der Waals surface area (Å²) >= 11 is 0. The van der Waals surface area contributed by atoms with Crippen LogP contribution in [0.3, 0.4) is 0 Å². The van der Waals surface area contributed by atoms with E-state index in [-0.39, 0.29) is 30.3 Å². The molecule has 10 heteroatoms. The van der Waals surface area contributed by atoms with Crippen LogP contribution in [-0.4, -0.2) is 98.4 Å². The third kappa shape index (κ3) is 26.4. The van der Waals surface area contributed by atoms with E-state index in [0.717, 1.165) is 38.8 Å². The largest absolute Gasteiger partial charge is 0.483 e. The van der Waals surface area contributed by atoms with Crippen LogP contribution in [0.25, 0.3) is 0 Å². The predicted molar refractivity (Wildman–Crippen MR) is 164 cm³/mol. The number of ether oxygens (including phenoxy) is 3. The van der Waals surface area contributed by atoms with Crippen LogP contribution < -0.4 is 0 Å². The zero-order valence-corrected chi connectivity index (χ0v) is 27.6. The Balaban J connectivity index is -0.000000858. The van der Waals surface area contributed by atoms with Crippen LogP contribution in [0.15, 0.2) is 0 Å². The summed E-state index contributed by atoms with van der Waals surface area (Å²) in [4.78, 5) is 47.4. The lowest BCUT2D eigenvalue weighted by Crippen LogP contribution is -2.34. The zero-order chi connectivity index (χ0) is 32.1. The number of rotatable bonds is 17. The Morgan fingerprint density at radius 3 is 1.90 bits per heavy atom. The van der Waals surface area contributed by atoms with Crippen molar-refractivity contribution in [2.75, 3.05) is 53.0 Å². The molecule has 0 aliphatic carbocycles. The number of esters is 3. The highest BCUT2D eigenvalue weighted by atomic mass is 16.5. The van der Waals surface area contributed by atoms with Crippen molar-refractivity contribution >= 4 is 24.4 Å². The summed E-state index contributed by atoms with van der Waals surface area (Å²) in [6.07, 6.45) is 7.20. The van der Waals surface area contributed by atoms with E-state index in [1.165, 1.54) is 12.8 Å². The molecule has 0 aromatic heterocycles. The Kier molecular flexibility index (Phi) is 32.4. The second-order valence-electron chi connectivity index (χ2n) is 9.90. The molecule has 0 amide bonds. The third-order valence-corrected chi connectivity index (χ3v) is 6.89. The van der Waals surface area contributed by atoms with E-state index < -0.39 is 0 Å². The van der Waals surface area contributed by atoms with Crippen molar-refractivity contribution in [1.82, 2.24) is 9.80 Å². The van der Waals surface area contributed by atoms with Gasteiger partial charge in [0.15, 0.2) is 0 Å². The second-order valence-corrected chi connectivity index (χ2v) is 9.90. The SMILES string of the molecule is CC.CCOC(=O)C(C)CC.CCOC(=O)CCN(CCC(=O)OCCC(C)CC)CCC1CCCN1C.O=CO. The Labute approximate surface area is 250 Å². The molecule has 1 heterocycles. The van der Waals surface area contributed by atoms with Gasteiger partial charge in [-0.2, -0.15) is 0 Å². The average molecular weight is 591 g/mol. The van der Waals surface area contributed by atoms with Crippen LogP contribution in [-0.2, 0) is 33.4 Å². The number of hydrogen-bond donors (Lipinski definition) is 1. The molecule has 3 unspecified atom stereocenters. The van der Waals surface area contributed by atoms with Crippen LogP contribution in [0.2, 0.25) is 0 Å². The minimum atomic E-state index is -0.250. The summed E-state index contributed by atoms with van der Waals surface area (Å²) in [6.45, 7) is 20.3. The minimum Gasteiger partial charge on any atom is -0.483 e. The van der Waals surface area contributed by atoms with Crippen LogP contribution >= 0.6 is 0 Å². The van der Waals surface area contributed by atoms with Gasteiger partial charge in [0.25, 0.3) is 6.47 Å². The van der Waals surface area contributed by atoms with Crippen molar-refractivity contribution in [1.29, 1.82) is 0 Å². The average Bonchev–Trinajstić information content (AvgIpc) is 3.38. The summed E-state index contributed by atoms with van der Waals surface area (Å²) in [5, 5.41) is 6.89. The molecular formula is C31H62N2O8. The zero-order valence-electron chi connectivity index (χ0n) is 27.6. The Morgan fingerprint density at radius 2 is 1.46 bits per heavy atom. The maximum Gasteiger partial charge on any atom is 0.308 e. The van der Waals surface area contributed by atoms with Gasteiger partial charge in [0.2, 0.25) is 0 Å². The molecule has 0 radical (unpaired) electrons. The Morgan fingerprint density at radius 1 is 0.927 bits per heavy atom. The van der Waals surface area contributed by atoms with Crippen LogP contribution in [0.5, 0.6) is 0 Å². The van der Waals surface area contributed by atoms with Crippen LogP contribution in [0, 0.1) is 11.8 Å². The smallest absolute Gasteiger partial charge is 0.308 e. The van der Waals surface area contributed by atoms with E-state index in [4.69, 9.17) is 24.1 Å². The highest BCUT2D eigenvalue weighted by Gasteiger charge is 2.22. The molecule has 1 N–H and O–H groups in total. The normalized spacial score (nSPS) is 15.5. The first-order valence-electron chi connectivity index (χ1n) is 15.6. The van der Waals surface area contributed by atoms with Gasteiger partial charge in [-0.1, -0.05) is 48.0 Å². The third-order valence-electron chi connectivity index (χ3n) is 6.89. The summed E-state index contributed by atoms with van der Waals surface area (Å²) in [5.74, 6) is 0.251. The highest BCUT2D eigenvalue weighted by Crippen LogP contribution is 2.18. The first-order chi connectivity index (χ1) is 19.6. The molecule has 1 aliphatic rings. The number of nitrogens with zero attached hydrogens (tertiary/aromatic N) is 2. The van der Waals surface area contributed by atoms with Gasteiger partial charge in [-0.3, -0.25) is 19.2 Å². The van der Waals surface area contributed by atoms with Gasteiger partial charge in [-0.05, 0) is 72.0 Å². The van der Waals surface area contributed by atoms with Crippen molar-refractivity contribution in [2.24, 2.45) is 11.8 Å². The van der Waals surface area contributed by atoms with Crippen LogP contribution in [0.1, 0.15) is 107 Å².